The molecule has 3 rings (SSSR count). The summed E-state index contributed by atoms with van der Waals surface area (Å²) in [5, 5.41) is 2.77. The van der Waals surface area contributed by atoms with Gasteiger partial charge >= 0.3 is 0 Å². The highest BCUT2D eigenvalue weighted by Gasteiger charge is 2.35. The van der Waals surface area contributed by atoms with Gasteiger partial charge in [-0.2, -0.15) is 0 Å². The summed E-state index contributed by atoms with van der Waals surface area (Å²) in [5.74, 6) is 2.55. The van der Waals surface area contributed by atoms with Gasteiger partial charge in [0, 0.05) is 0 Å². The minimum absolute atomic E-state index is 0.194. The van der Waals surface area contributed by atoms with Crippen LogP contribution in [0.1, 0.15) is 12.0 Å². The van der Waals surface area contributed by atoms with Crippen LogP contribution in [-0.2, 0) is 3.41 Å². The predicted molar refractivity (Wildman–Crippen MR) is 88.7 cm³/mol. The van der Waals surface area contributed by atoms with Gasteiger partial charge in [0.25, 0.3) is 0 Å². The van der Waals surface area contributed by atoms with E-state index in [0.29, 0.717) is 0 Å². The summed E-state index contributed by atoms with van der Waals surface area (Å²) in [7, 11) is 0. The van der Waals surface area contributed by atoms with Crippen molar-refractivity contribution in [3.63, 3.8) is 0 Å². The summed E-state index contributed by atoms with van der Waals surface area (Å²) in [4.78, 5) is 0. The van der Waals surface area contributed by atoms with Crippen molar-refractivity contribution >= 4 is 46.1 Å². The van der Waals surface area contributed by atoms with Crippen molar-refractivity contribution in [2.75, 3.05) is 17.8 Å². The van der Waals surface area contributed by atoms with Gasteiger partial charge in [0.05, 0.1) is 0 Å². The zero-order valence-electron chi connectivity index (χ0n) is 10.4. The van der Waals surface area contributed by atoms with Crippen LogP contribution in [0.3, 0.4) is 0 Å². The van der Waals surface area contributed by atoms with Gasteiger partial charge in [0.2, 0.25) is 0 Å². The Morgan fingerprint density at radius 1 is 1.00 bits per heavy atom. The van der Waals surface area contributed by atoms with Crippen LogP contribution in [0.4, 0.5) is 0 Å². The van der Waals surface area contributed by atoms with E-state index >= 15 is 0 Å². The van der Waals surface area contributed by atoms with E-state index in [0.717, 1.165) is 0 Å². The Labute approximate surface area is 121 Å². The summed E-state index contributed by atoms with van der Waals surface area (Å²) in [5.41, 5.74) is 1.49. The van der Waals surface area contributed by atoms with Crippen LogP contribution in [0.15, 0.2) is 42.5 Å². The molecular formula is C15H16S3. The number of thioether (sulfide) groups is 3. The number of hydrogen-bond acceptors (Lipinski definition) is 3. The fourth-order valence-corrected chi connectivity index (χ4v) is 7.03. The fraction of sp³-hybridized carbons (Fsp3) is 0.333. The molecule has 1 aliphatic rings. The van der Waals surface area contributed by atoms with Gasteiger partial charge < -0.3 is 0 Å². The van der Waals surface area contributed by atoms with E-state index in [2.05, 4.69) is 72.2 Å². The summed E-state index contributed by atoms with van der Waals surface area (Å²) in [6.07, 6.45) is 3.58. The molecular weight excluding hydrogens is 276 g/mol. The molecule has 0 aromatic heterocycles. The molecule has 2 aromatic carbocycles. The average Bonchev–Trinajstić information content (AvgIpc) is 2.47. The molecule has 1 fully saturated rings. The Hall–Kier alpha value is -0.250. The molecule has 3 heteroatoms. The maximum Gasteiger partial charge on any atom is 0.132 e. The number of fused-ring (bicyclic) bond motifs is 1. The topological polar surface area (TPSA) is 0 Å². The van der Waals surface area contributed by atoms with Crippen molar-refractivity contribution in [3.8, 4) is 0 Å². The molecule has 1 heterocycles. The normalized spacial score (nSPS) is 18.9. The molecule has 0 N–H and O–H groups in total. The van der Waals surface area contributed by atoms with E-state index in [1.165, 1.54) is 34.3 Å². The molecule has 0 radical (unpaired) electrons. The maximum absolute atomic E-state index is 2.31. The fourth-order valence-electron chi connectivity index (χ4n) is 2.39. The van der Waals surface area contributed by atoms with Gasteiger partial charge in [-0.25, -0.2) is 0 Å². The quantitative estimate of drug-likeness (QED) is 0.748. The van der Waals surface area contributed by atoms with Crippen molar-refractivity contribution in [1.82, 2.24) is 0 Å². The standard InChI is InChI=1S/C15H16S3/c1-16-15(17-10-5-11-18-15)14-9-4-7-12-6-2-3-8-13(12)14/h2-4,6-9H,5,10-11H2,1H3. The van der Waals surface area contributed by atoms with Crippen LogP contribution in [0.2, 0.25) is 0 Å². The van der Waals surface area contributed by atoms with Gasteiger partial charge in [0.15, 0.2) is 0 Å². The molecule has 0 unspecified atom stereocenters. The molecule has 0 nitrogen and oxygen atoms in total. The van der Waals surface area contributed by atoms with E-state index in [1.807, 2.05) is 11.8 Å². The van der Waals surface area contributed by atoms with Gasteiger partial charge in [-0.1, -0.05) is 42.5 Å². The van der Waals surface area contributed by atoms with Crippen LogP contribution in [0.25, 0.3) is 10.8 Å². The van der Waals surface area contributed by atoms with Crippen molar-refractivity contribution in [3.05, 3.63) is 48.0 Å². The zero-order chi connectivity index (χ0) is 12.4. The van der Waals surface area contributed by atoms with Crippen LogP contribution in [0, 0.1) is 0 Å². The highest BCUT2D eigenvalue weighted by molar-refractivity contribution is 8.32. The summed E-state index contributed by atoms with van der Waals surface area (Å²) >= 11 is 6.20. The average molecular weight is 292 g/mol. The molecule has 0 aliphatic carbocycles. The monoisotopic (exact) mass is 292 g/mol. The lowest BCUT2D eigenvalue weighted by Gasteiger charge is -2.35. The first-order valence-corrected chi connectivity index (χ1v) is 9.37. The van der Waals surface area contributed by atoms with Gasteiger partial charge in [-0.05, 0) is 40.5 Å². The SMILES string of the molecule is CSC1(c2cccc3ccccc23)SCCCS1. The summed E-state index contributed by atoms with van der Waals surface area (Å²) in [6, 6.07) is 15.5. The third-order valence-corrected chi connectivity index (χ3v) is 8.62. The van der Waals surface area contributed by atoms with Gasteiger partial charge in [-0.15, -0.1) is 35.3 Å². The Balaban J connectivity index is 2.17. The first-order valence-electron chi connectivity index (χ1n) is 6.17. The smallest absolute Gasteiger partial charge is 0.132 e. The van der Waals surface area contributed by atoms with Gasteiger partial charge in [0.1, 0.15) is 3.41 Å². The molecule has 0 atom stereocenters. The number of hydrogen-bond donors (Lipinski definition) is 0. The van der Waals surface area contributed by atoms with Crippen molar-refractivity contribution in [1.29, 1.82) is 0 Å². The molecule has 94 valence electrons. The number of benzene rings is 2. The Morgan fingerprint density at radius 2 is 1.72 bits per heavy atom. The molecule has 0 saturated carbocycles. The predicted octanol–water partition coefficient (Wildman–Crippen LogP) is 5.18. The van der Waals surface area contributed by atoms with Crippen LogP contribution >= 0.6 is 35.3 Å². The maximum atomic E-state index is 2.31. The summed E-state index contributed by atoms with van der Waals surface area (Å²) in [6.45, 7) is 0. The highest BCUT2D eigenvalue weighted by Crippen LogP contribution is 2.58. The highest BCUT2D eigenvalue weighted by atomic mass is 32.3. The molecule has 0 bridgehead atoms. The molecule has 18 heavy (non-hydrogen) atoms. The lowest BCUT2D eigenvalue weighted by atomic mass is 10.1. The Morgan fingerprint density at radius 3 is 2.50 bits per heavy atom. The second-order valence-corrected chi connectivity index (χ2v) is 8.75. The zero-order valence-corrected chi connectivity index (χ0v) is 12.8. The molecule has 1 aliphatic heterocycles. The Bertz CT molecular complexity index is 539. The van der Waals surface area contributed by atoms with E-state index in [-0.39, 0.29) is 3.41 Å². The van der Waals surface area contributed by atoms with E-state index in [1.54, 1.807) is 0 Å². The van der Waals surface area contributed by atoms with Crippen molar-refractivity contribution in [2.24, 2.45) is 0 Å². The van der Waals surface area contributed by atoms with Crippen LogP contribution < -0.4 is 0 Å². The van der Waals surface area contributed by atoms with E-state index in [4.69, 9.17) is 0 Å². The second kappa shape index (κ2) is 5.40. The third-order valence-electron chi connectivity index (χ3n) is 3.26. The van der Waals surface area contributed by atoms with Gasteiger partial charge in [-0.3, -0.25) is 0 Å². The lowest BCUT2D eigenvalue weighted by molar-refractivity contribution is 1.09. The summed E-state index contributed by atoms with van der Waals surface area (Å²) < 4.78 is 0.194. The van der Waals surface area contributed by atoms with Crippen molar-refractivity contribution < 1.29 is 0 Å². The first-order chi connectivity index (χ1) is 8.86. The van der Waals surface area contributed by atoms with Crippen LogP contribution in [0.5, 0.6) is 0 Å². The first kappa shape index (κ1) is 12.8. The third kappa shape index (κ3) is 2.17. The molecule has 2 aromatic rings. The molecule has 0 spiro atoms. The minimum atomic E-state index is 0.194. The molecule has 0 amide bonds. The van der Waals surface area contributed by atoms with E-state index < -0.39 is 0 Å². The molecule has 1 saturated heterocycles. The van der Waals surface area contributed by atoms with Crippen LogP contribution in [-0.4, -0.2) is 17.8 Å². The lowest BCUT2D eigenvalue weighted by Crippen LogP contribution is -2.18. The number of rotatable bonds is 2. The van der Waals surface area contributed by atoms with E-state index in [9.17, 15) is 0 Å². The minimum Gasteiger partial charge on any atom is -0.132 e. The Kier molecular flexibility index (Phi) is 3.83. The largest absolute Gasteiger partial charge is 0.132 e. The second-order valence-electron chi connectivity index (χ2n) is 4.34. The van der Waals surface area contributed by atoms with Crippen molar-refractivity contribution in [2.45, 2.75) is 9.83 Å².